The van der Waals surface area contributed by atoms with Gasteiger partial charge in [-0.3, -0.25) is 4.79 Å². The first-order valence-corrected chi connectivity index (χ1v) is 8.57. The fourth-order valence-electron chi connectivity index (χ4n) is 3.03. The Hall–Kier alpha value is -1.92. The molecular weight excluding hydrogens is 312 g/mol. The number of hydrogen-bond donors (Lipinski definition) is 1. The van der Waals surface area contributed by atoms with Crippen molar-refractivity contribution in [2.75, 3.05) is 13.7 Å². The standard InChI is InChI=1S/C17H20N2O3S/c1-3-14-16(23-10-18-14)17(21)19-9-12(20)8-15(19)11-5-4-6-13(7-11)22-2/h4-7,10,12,15,20H,3,8-9H2,1-2H3. The molecule has 5 nitrogen and oxygen atoms in total. The Balaban J connectivity index is 1.92. The van der Waals surface area contributed by atoms with Crippen molar-refractivity contribution in [2.24, 2.45) is 0 Å². The van der Waals surface area contributed by atoms with Crippen LogP contribution in [0.15, 0.2) is 29.8 Å². The third-order valence-corrected chi connectivity index (χ3v) is 5.05. The van der Waals surface area contributed by atoms with Gasteiger partial charge in [0.2, 0.25) is 0 Å². The molecule has 1 aliphatic heterocycles. The molecule has 0 aliphatic carbocycles. The van der Waals surface area contributed by atoms with Crippen molar-refractivity contribution in [3.8, 4) is 5.75 Å². The van der Waals surface area contributed by atoms with Crippen LogP contribution in [0.5, 0.6) is 5.75 Å². The molecule has 2 atom stereocenters. The van der Waals surface area contributed by atoms with E-state index >= 15 is 0 Å². The number of ether oxygens (including phenoxy) is 1. The Morgan fingerprint density at radius 1 is 1.52 bits per heavy atom. The monoisotopic (exact) mass is 332 g/mol. The number of nitrogens with zero attached hydrogens (tertiary/aromatic N) is 2. The molecule has 0 radical (unpaired) electrons. The summed E-state index contributed by atoms with van der Waals surface area (Å²) in [5.74, 6) is 0.706. The van der Waals surface area contributed by atoms with Crippen LogP contribution < -0.4 is 4.74 Å². The number of carbonyl (C=O) groups is 1. The zero-order valence-corrected chi connectivity index (χ0v) is 14.0. The fourth-order valence-corrected chi connectivity index (χ4v) is 3.86. The lowest BCUT2D eigenvalue weighted by molar-refractivity contribution is 0.0719. The zero-order valence-electron chi connectivity index (χ0n) is 13.2. The van der Waals surface area contributed by atoms with E-state index in [2.05, 4.69) is 4.98 Å². The summed E-state index contributed by atoms with van der Waals surface area (Å²) in [7, 11) is 1.62. The number of rotatable bonds is 4. The molecule has 2 unspecified atom stereocenters. The van der Waals surface area contributed by atoms with Crippen LogP contribution in [0.25, 0.3) is 0 Å². The van der Waals surface area contributed by atoms with E-state index in [0.717, 1.165) is 23.4 Å². The minimum absolute atomic E-state index is 0.0475. The number of aliphatic hydroxyl groups is 1. The van der Waals surface area contributed by atoms with Crippen LogP contribution in [-0.4, -0.2) is 40.7 Å². The highest BCUT2D eigenvalue weighted by Crippen LogP contribution is 2.35. The minimum Gasteiger partial charge on any atom is -0.497 e. The van der Waals surface area contributed by atoms with Crippen LogP contribution in [0.4, 0.5) is 0 Å². The first-order valence-electron chi connectivity index (χ1n) is 7.69. The molecule has 122 valence electrons. The van der Waals surface area contributed by atoms with E-state index in [9.17, 15) is 9.90 Å². The second kappa shape index (κ2) is 6.68. The van der Waals surface area contributed by atoms with Crippen molar-refractivity contribution in [2.45, 2.75) is 31.9 Å². The van der Waals surface area contributed by atoms with Gasteiger partial charge in [0.05, 0.1) is 30.5 Å². The molecule has 1 aliphatic rings. The van der Waals surface area contributed by atoms with Crippen LogP contribution in [0.2, 0.25) is 0 Å². The first-order chi connectivity index (χ1) is 11.1. The molecular formula is C17H20N2O3S. The van der Waals surface area contributed by atoms with E-state index in [4.69, 9.17) is 4.74 Å². The molecule has 1 N–H and O–H groups in total. The Morgan fingerprint density at radius 2 is 2.35 bits per heavy atom. The van der Waals surface area contributed by atoms with E-state index in [0.29, 0.717) is 17.8 Å². The van der Waals surface area contributed by atoms with Crippen molar-refractivity contribution < 1.29 is 14.6 Å². The van der Waals surface area contributed by atoms with Crippen molar-refractivity contribution in [1.29, 1.82) is 0 Å². The van der Waals surface area contributed by atoms with Gasteiger partial charge in [-0.05, 0) is 30.5 Å². The van der Waals surface area contributed by atoms with Crippen LogP contribution in [0.3, 0.4) is 0 Å². The van der Waals surface area contributed by atoms with Gasteiger partial charge in [0.25, 0.3) is 5.91 Å². The van der Waals surface area contributed by atoms with Crippen LogP contribution in [-0.2, 0) is 6.42 Å². The van der Waals surface area contributed by atoms with Gasteiger partial charge >= 0.3 is 0 Å². The third-order valence-electron chi connectivity index (χ3n) is 4.19. The van der Waals surface area contributed by atoms with Crippen molar-refractivity contribution in [1.82, 2.24) is 9.88 Å². The summed E-state index contributed by atoms with van der Waals surface area (Å²) in [6.45, 7) is 2.34. The number of amides is 1. The molecule has 23 heavy (non-hydrogen) atoms. The predicted octanol–water partition coefficient (Wildman–Crippen LogP) is 2.66. The highest BCUT2D eigenvalue weighted by Gasteiger charge is 2.37. The number of methoxy groups -OCH3 is 1. The molecule has 2 heterocycles. The van der Waals surface area contributed by atoms with Crippen LogP contribution >= 0.6 is 11.3 Å². The van der Waals surface area contributed by atoms with Gasteiger partial charge in [-0.1, -0.05) is 19.1 Å². The summed E-state index contributed by atoms with van der Waals surface area (Å²) in [5, 5.41) is 10.1. The summed E-state index contributed by atoms with van der Waals surface area (Å²) in [6.07, 6.45) is 0.761. The number of aryl methyl sites for hydroxylation is 1. The second-order valence-electron chi connectivity index (χ2n) is 5.62. The van der Waals surface area contributed by atoms with Gasteiger partial charge in [0, 0.05) is 6.54 Å². The maximum atomic E-state index is 12.9. The highest BCUT2D eigenvalue weighted by molar-refractivity contribution is 7.11. The van der Waals surface area contributed by atoms with Crippen molar-refractivity contribution in [3.05, 3.63) is 45.9 Å². The molecule has 6 heteroatoms. The molecule has 1 saturated heterocycles. The number of likely N-dealkylation sites (tertiary alicyclic amines) is 1. The zero-order chi connectivity index (χ0) is 16.4. The smallest absolute Gasteiger partial charge is 0.266 e. The van der Waals surface area contributed by atoms with Gasteiger partial charge in [0.1, 0.15) is 10.6 Å². The van der Waals surface area contributed by atoms with E-state index in [1.807, 2.05) is 31.2 Å². The van der Waals surface area contributed by atoms with Gasteiger partial charge in [-0.15, -0.1) is 11.3 Å². The number of aliphatic hydroxyl groups excluding tert-OH is 1. The second-order valence-corrected chi connectivity index (χ2v) is 6.48. The summed E-state index contributed by atoms with van der Waals surface area (Å²) < 4.78 is 5.27. The first kappa shape index (κ1) is 16.0. The molecule has 3 rings (SSSR count). The molecule has 1 aromatic carbocycles. The third kappa shape index (κ3) is 3.09. The largest absolute Gasteiger partial charge is 0.497 e. The van der Waals surface area contributed by atoms with Gasteiger partial charge in [-0.2, -0.15) is 0 Å². The molecule has 1 aromatic heterocycles. The van der Waals surface area contributed by atoms with Gasteiger partial charge in [0.15, 0.2) is 0 Å². The molecule has 2 aromatic rings. The normalized spacial score (nSPS) is 20.7. The van der Waals surface area contributed by atoms with Crippen molar-refractivity contribution in [3.63, 3.8) is 0 Å². The van der Waals surface area contributed by atoms with E-state index < -0.39 is 6.10 Å². The number of carbonyl (C=O) groups excluding carboxylic acids is 1. The Morgan fingerprint density at radius 3 is 3.09 bits per heavy atom. The molecule has 0 spiro atoms. The average Bonchev–Trinajstić information content (AvgIpc) is 3.20. The molecule has 1 fully saturated rings. The molecule has 0 bridgehead atoms. The SMILES string of the molecule is CCc1ncsc1C(=O)N1CC(O)CC1c1cccc(OC)c1. The topological polar surface area (TPSA) is 62.7 Å². The Labute approximate surface area is 139 Å². The summed E-state index contributed by atoms with van der Waals surface area (Å²) >= 11 is 1.37. The lowest BCUT2D eigenvalue weighted by atomic mass is 10.0. The van der Waals surface area contributed by atoms with E-state index in [-0.39, 0.29) is 11.9 Å². The summed E-state index contributed by atoms with van der Waals surface area (Å²) in [5.41, 5.74) is 3.52. The highest BCUT2D eigenvalue weighted by atomic mass is 32.1. The molecule has 1 amide bonds. The molecule has 0 saturated carbocycles. The minimum atomic E-state index is -0.506. The number of hydrogen-bond acceptors (Lipinski definition) is 5. The number of benzene rings is 1. The Kier molecular flexibility index (Phi) is 4.63. The predicted molar refractivity (Wildman–Crippen MR) is 88.9 cm³/mol. The van der Waals surface area contributed by atoms with Gasteiger partial charge < -0.3 is 14.7 Å². The van der Waals surface area contributed by atoms with E-state index in [1.165, 1.54) is 11.3 Å². The van der Waals surface area contributed by atoms with Gasteiger partial charge in [-0.25, -0.2) is 4.98 Å². The fraction of sp³-hybridized carbons (Fsp3) is 0.412. The Bertz CT molecular complexity index is 701. The number of thiazole rings is 1. The lowest BCUT2D eigenvalue weighted by Crippen LogP contribution is -2.31. The summed E-state index contributed by atoms with van der Waals surface area (Å²) in [4.78, 5) is 19.6. The van der Waals surface area contributed by atoms with Crippen molar-refractivity contribution >= 4 is 17.2 Å². The number of β-amino-alcohol motifs (C(OH)–C–C–N with tert-alkyl or cyclic N) is 1. The van der Waals surface area contributed by atoms with Crippen LogP contribution in [0, 0.1) is 0 Å². The number of aromatic nitrogens is 1. The summed E-state index contributed by atoms with van der Waals surface area (Å²) in [6, 6.07) is 7.54. The average molecular weight is 332 g/mol. The van der Waals surface area contributed by atoms with Crippen LogP contribution in [0.1, 0.15) is 40.3 Å². The maximum absolute atomic E-state index is 12.9. The van der Waals surface area contributed by atoms with E-state index in [1.54, 1.807) is 17.5 Å². The maximum Gasteiger partial charge on any atom is 0.266 e. The lowest BCUT2D eigenvalue weighted by Gasteiger charge is -2.24. The quantitative estimate of drug-likeness (QED) is 0.935.